The SMILES string of the molecule is O=P1(O)OC2O[C@H](CO)[C@@H](O1)[C@H]2O. The van der Waals surface area contributed by atoms with E-state index in [-0.39, 0.29) is 0 Å². The van der Waals surface area contributed by atoms with Gasteiger partial charge in [0.05, 0.1) is 6.61 Å². The van der Waals surface area contributed by atoms with E-state index in [9.17, 15) is 9.67 Å². The zero-order valence-electron chi connectivity index (χ0n) is 6.44. The molecule has 8 heteroatoms. The quantitative estimate of drug-likeness (QED) is 0.458. The fourth-order valence-electron chi connectivity index (χ4n) is 1.38. The van der Waals surface area contributed by atoms with E-state index in [0.717, 1.165) is 0 Å². The first kappa shape index (κ1) is 9.54. The predicted octanol–water partition coefficient (Wildman–Crippen LogP) is -1.42. The first-order chi connectivity index (χ1) is 6.03. The number of aliphatic hydroxyl groups excluding tert-OH is 2. The number of phosphoric ester groups is 1. The summed E-state index contributed by atoms with van der Waals surface area (Å²) < 4.78 is 24.8. The van der Waals surface area contributed by atoms with E-state index in [2.05, 4.69) is 9.05 Å². The number of aliphatic hydroxyl groups is 2. The number of hydrogen-bond donors (Lipinski definition) is 3. The Bertz CT molecular complexity index is 255. The number of phosphoric acid groups is 1. The van der Waals surface area contributed by atoms with Crippen LogP contribution in [0, 0.1) is 0 Å². The van der Waals surface area contributed by atoms with Crippen LogP contribution in [0.1, 0.15) is 0 Å². The third-order valence-corrected chi connectivity index (χ3v) is 2.95. The minimum absolute atomic E-state index is 0.401. The Hall–Kier alpha value is -0.0100. The van der Waals surface area contributed by atoms with Crippen LogP contribution < -0.4 is 0 Å². The largest absolute Gasteiger partial charge is 0.475 e. The summed E-state index contributed by atoms with van der Waals surface area (Å²) >= 11 is 0. The van der Waals surface area contributed by atoms with Gasteiger partial charge in [0.1, 0.15) is 18.3 Å². The van der Waals surface area contributed by atoms with E-state index in [1.54, 1.807) is 0 Å². The van der Waals surface area contributed by atoms with Crippen LogP contribution >= 0.6 is 7.82 Å². The molecule has 0 spiro atoms. The average molecular weight is 212 g/mol. The van der Waals surface area contributed by atoms with Gasteiger partial charge in [0.25, 0.3) is 0 Å². The number of rotatable bonds is 1. The van der Waals surface area contributed by atoms with Gasteiger partial charge in [-0.05, 0) is 0 Å². The molecule has 0 aromatic rings. The molecule has 0 aliphatic carbocycles. The van der Waals surface area contributed by atoms with Gasteiger partial charge < -0.3 is 19.8 Å². The molecule has 0 aromatic heterocycles. The Morgan fingerprint density at radius 1 is 1.38 bits per heavy atom. The van der Waals surface area contributed by atoms with Gasteiger partial charge in [-0.25, -0.2) is 4.57 Å². The molecule has 2 unspecified atom stereocenters. The number of ether oxygens (including phenoxy) is 1. The minimum Gasteiger partial charge on any atom is -0.394 e. The lowest BCUT2D eigenvalue weighted by Gasteiger charge is -2.26. The first-order valence-corrected chi connectivity index (χ1v) is 5.17. The molecule has 13 heavy (non-hydrogen) atoms. The Kier molecular flexibility index (Phi) is 2.20. The van der Waals surface area contributed by atoms with Gasteiger partial charge in [0, 0.05) is 0 Å². The van der Waals surface area contributed by atoms with Gasteiger partial charge >= 0.3 is 7.82 Å². The maximum atomic E-state index is 10.9. The highest BCUT2D eigenvalue weighted by molar-refractivity contribution is 7.47. The highest BCUT2D eigenvalue weighted by atomic mass is 31.2. The van der Waals surface area contributed by atoms with Gasteiger partial charge in [-0.1, -0.05) is 0 Å². The van der Waals surface area contributed by atoms with E-state index in [1.165, 1.54) is 0 Å². The lowest BCUT2D eigenvalue weighted by molar-refractivity contribution is -0.133. The monoisotopic (exact) mass is 212 g/mol. The summed E-state index contributed by atoms with van der Waals surface area (Å²) in [7, 11) is -4.12. The molecule has 76 valence electrons. The van der Waals surface area contributed by atoms with Crippen LogP contribution in [0.2, 0.25) is 0 Å². The summed E-state index contributed by atoms with van der Waals surface area (Å²) in [6.07, 6.45) is -4.14. The topological polar surface area (TPSA) is 105 Å². The van der Waals surface area contributed by atoms with E-state index >= 15 is 0 Å². The molecule has 2 rings (SSSR count). The van der Waals surface area contributed by atoms with Gasteiger partial charge in [0.15, 0.2) is 6.29 Å². The maximum Gasteiger partial charge on any atom is 0.475 e. The summed E-state index contributed by atoms with van der Waals surface area (Å²) in [4.78, 5) is 8.92. The van der Waals surface area contributed by atoms with E-state index in [0.29, 0.717) is 0 Å². The van der Waals surface area contributed by atoms with E-state index in [4.69, 9.17) is 14.7 Å². The average Bonchev–Trinajstić information content (AvgIpc) is 2.27. The first-order valence-electron chi connectivity index (χ1n) is 3.67. The third kappa shape index (κ3) is 1.53. The molecule has 2 fully saturated rings. The van der Waals surface area contributed by atoms with Crippen molar-refractivity contribution < 1.29 is 33.5 Å². The fourth-order valence-corrected chi connectivity index (χ4v) is 2.43. The van der Waals surface area contributed by atoms with Crippen LogP contribution in [0.25, 0.3) is 0 Å². The Morgan fingerprint density at radius 3 is 2.69 bits per heavy atom. The standard InChI is InChI=1S/C5H9O7P/c6-1-2-4-3(7)5(10-2)12-13(8,9)11-4/h2-7H,1H2,(H,8,9)/t2-,3-,4-,5?/m1/s1. The molecule has 3 N–H and O–H groups in total. The summed E-state index contributed by atoms with van der Waals surface area (Å²) in [5, 5.41) is 18.1. The molecule has 5 atom stereocenters. The van der Waals surface area contributed by atoms with Gasteiger partial charge in [-0.15, -0.1) is 0 Å². The fraction of sp³-hybridized carbons (Fsp3) is 1.00. The summed E-state index contributed by atoms with van der Waals surface area (Å²) in [5.41, 5.74) is 0. The third-order valence-electron chi connectivity index (χ3n) is 1.96. The van der Waals surface area contributed by atoms with Gasteiger partial charge in [0.2, 0.25) is 0 Å². The summed E-state index contributed by atoms with van der Waals surface area (Å²) in [5.74, 6) is 0. The van der Waals surface area contributed by atoms with Crippen molar-refractivity contribution in [3.05, 3.63) is 0 Å². The second-order valence-corrected chi connectivity index (χ2v) is 4.22. The Labute approximate surface area is 73.5 Å². The molecule has 0 radical (unpaired) electrons. The Morgan fingerprint density at radius 2 is 2.08 bits per heavy atom. The highest BCUT2D eigenvalue weighted by Gasteiger charge is 2.55. The molecule has 2 aliphatic heterocycles. The number of hydrogen-bond acceptors (Lipinski definition) is 6. The summed E-state index contributed by atoms with van der Waals surface area (Å²) in [6, 6.07) is 0. The highest BCUT2D eigenvalue weighted by Crippen LogP contribution is 2.54. The van der Waals surface area contributed by atoms with Crippen molar-refractivity contribution in [3.63, 3.8) is 0 Å². The second-order valence-electron chi connectivity index (χ2n) is 2.86. The zero-order chi connectivity index (χ0) is 9.64. The summed E-state index contributed by atoms with van der Waals surface area (Å²) in [6.45, 7) is -0.401. The molecule has 0 saturated carbocycles. The maximum absolute atomic E-state index is 10.9. The van der Waals surface area contributed by atoms with Crippen molar-refractivity contribution in [2.24, 2.45) is 0 Å². The van der Waals surface area contributed by atoms with Crippen molar-refractivity contribution in [3.8, 4) is 0 Å². The van der Waals surface area contributed by atoms with Crippen LogP contribution in [0.15, 0.2) is 0 Å². The molecule has 0 amide bonds. The van der Waals surface area contributed by atoms with Gasteiger partial charge in [-0.3, -0.25) is 9.05 Å². The molecule has 2 bridgehead atoms. The molecular weight excluding hydrogens is 203 g/mol. The molecule has 2 aliphatic rings. The molecule has 7 nitrogen and oxygen atoms in total. The smallest absolute Gasteiger partial charge is 0.394 e. The van der Waals surface area contributed by atoms with Crippen molar-refractivity contribution in [1.29, 1.82) is 0 Å². The minimum atomic E-state index is -4.12. The lowest BCUT2D eigenvalue weighted by Crippen LogP contribution is -2.39. The van der Waals surface area contributed by atoms with Crippen molar-refractivity contribution in [2.75, 3.05) is 6.61 Å². The van der Waals surface area contributed by atoms with E-state index < -0.39 is 39.0 Å². The van der Waals surface area contributed by atoms with Gasteiger partial charge in [-0.2, -0.15) is 0 Å². The normalized spacial score (nSPS) is 55.3. The molecular formula is C5H9O7P. The van der Waals surface area contributed by atoms with Crippen LogP contribution in [-0.2, 0) is 18.3 Å². The van der Waals surface area contributed by atoms with Crippen molar-refractivity contribution in [1.82, 2.24) is 0 Å². The van der Waals surface area contributed by atoms with Crippen LogP contribution in [0.5, 0.6) is 0 Å². The second kappa shape index (κ2) is 2.99. The molecule has 2 heterocycles. The zero-order valence-corrected chi connectivity index (χ0v) is 7.33. The Balaban J connectivity index is 2.20. The number of fused-ring (bicyclic) bond motifs is 2. The van der Waals surface area contributed by atoms with Crippen molar-refractivity contribution in [2.45, 2.75) is 24.6 Å². The lowest BCUT2D eigenvalue weighted by atomic mass is 10.1. The molecule has 0 aromatic carbocycles. The van der Waals surface area contributed by atoms with Crippen LogP contribution in [0.3, 0.4) is 0 Å². The van der Waals surface area contributed by atoms with Crippen molar-refractivity contribution >= 4 is 7.82 Å². The van der Waals surface area contributed by atoms with Crippen LogP contribution in [-0.4, -0.2) is 46.3 Å². The molecule has 2 saturated heterocycles. The predicted molar refractivity (Wildman–Crippen MR) is 37.5 cm³/mol. The van der Waals surface area contributed by atoms with Crippen LogP contribution in [0.4, 0.5) is 0 Å². The van der Waals surface area contributed by atoms with E-state index in [1.807, 2.05) is 0 Å².